The molecule has 1 atom stereocenters. The number of nitrogens with zero attached hydrogens (tertiary/aromatic N) is 5. The lowest BCUT2D eigenvalue weighted by Crippen LogP contribution is -2.38. The highest BCUT2D eigenvalue weighted by atomic mass is 16.5. The fourth-order valence-corrected chi connectivity index (χ4v) is 3.85. The molecule has 0 aliphatic carbocycles. The Morgan fingerprint density at radius 3 is 2.53 bits per heavy atom. The predicted octanol–water partition coefficient (Wildman–Crippen LogP) is 1.72. The number of benzene rings is 2. The van der Waals surface area contributed by atoms with Crippen LogP contribution in [0, 0.1) is 6.92 Å². The number of ether oxygens (including phenoxy) is 1. The van der Waals surface area contributed by atoms with Crippen molar-refractivity contribution < 1.29 is 14.9 Å². The number of hydrogen-bond donors (Lipinski definition) is 3. The summed E-state index contributed by atoms with van der Waals surface area (Å²) >= 11 is 0. The van der Waals surface area contributed by atoms with E-state index in [2.05, 4.69) is 15.5 Å². The number of aromatic nitrogens is 4. The van der Waals surface area contributed by atoms with Crippen molar-refractivity contribution in [3.63, 3.8) is 0 Å². The number of aliphatic hydroxyl groups is 1. The fraction of sp³-hybridized carbons (Fsp3) is 0.280. The van der Waals surface area contributed by atoms with E-state index in [9.17, 15) is 19.8 Å². The first kappa shape index (κ1) is 24.7. The Bertz CT molecular complexity index is 1570. The fourth-order valence-electron chi connectivity index (χ4n) is 3.85. The van der Waals surface area contributed by atoms with Crippen LogP contribution in [0.2, 0.25) is 0 Å². The van der Waals surface area contributed by atoms with Crippen LogP contribution in [0.15, 0.2) is 63.2 Å². The number of para-hydroxylation sites is 2. The van der Waals surface area contributed by atoms with E-state index < -0.39 is 17.4 Å². The van der Waals surface area contributed by atoms with Gasteiger partial charge in [0.15, 0.2) is 11.2 Å². The van der Waals surface area contributed by atoms with Gasteiger partial charge < -0.3 is 19.5 Å². The zero-order valence-electron chi connectivity index (χ0n) is 20.5. The van der Waals surface area contributed by atoms with Gasteiger partial charge in [-0.05, 0) is 37.6 Å². The molecule has 3 N–H and O–H groups in total. The van der Waals surface area contributed by atoms with Crippen LogP contribution in [-0.2, 0) is 20.6 Å². The zero-order chi connectivity index (χ0) is 26.0. The van der Waals surface area contributed by atoms with Gasteiger partial charge in [0.05, 0.1) is 12.3 Å². The lowest BCUT2D eigenvalue weighted by molar-refractivity contribution is 0.0935. The minimum atomic E-state index is -1.01. The Kier molecular flexibility index (Phi) is 6.93. The van der Waals surface area contributed by atoms with Crippen LogP contribution in [0.1, 0.15) is 18.1 Å². The maximum Gasteiger partial charge on any atom is 0.332 e. The second-order valence-corrected chi connectivity index (χ2v) is 8.48. The number of phenols is 1. The van der Waals surface area contributed by atoms with Crippen LogP contribution in [0.3, 0.4) is 0 Å². The molecule has 0 bridgehead atoms. The van der Waals surface area contributed by atoms with Crippen LogP contribution in [0.25, 0.3) is 11.2 Å². The summed E-state index contributed by atoms with van der Waals surface area (Å²) in [6.07, 6.45) is -1.01. The van der Waals surface area contributed by atoms with E-state index in [0.717, 1.165) is 10.1 Å². The molecule has 0 spiro atoms. The first-order chi connectivity index (χ1) is 17.2. The summed E-state index contributed by atoms with van der Waals surface area (Å²) in [4.78, 5) is 29.9. The Labute approximate surface area is 206 Å². The maximum absolute atomic E-state index is 13.0. The van der Waals surface area contributed by atoms with Gasteiger partial charge in [0.25, 0.3) is 5.56 Å². The van der Waals surface area contributed by atoms with E-state index in [1.54, 1.807) is 31.2 Å². The predicted molar refractivity (Wildman–Crippen MR) is 137 cm³/mol. The summed E-state index contributed by atoms with van der Waals surface area (Å²) in [6.45, 7) is 3.52. The number of fused-ring (bicyclic) bond motifs is 1. The number of phenolic OH excluding ortho intramolecular Hbond substituents is 1. The summed E-state index contributed by atoms with van der Waals surface area (Å²) in [5, 5.41) is 25.2. The number of hydrogen-bond acceptors (Lipinski definition) is 8. The van der Waals surface area contributed by atoms with Crippen molar-refractivity contribution in [2.75, 3.05) is 12.0 Å². The van der Waals surface area contributed by atoms with Gasteiger partial charge in [0.2, 0.25) is 5.95 Å². The third-order valence-electron chi connectivity index (χ3n) is 5.88. The molecule has 4 rings (SSSR count). The number of rotatable bonds is 8. The molecule has 11 heteroatoms. The molecular weight excluding hydrogens is 464 g/mol. The van der Waals surface area contributed by atoms with E-state index in [1.807, 2.05) is 31.2 Å². The van der Waals surface area contributed by atoms with Crippen LogP contribution in [-0.4, -0.2) is 47.3 Å². The molecule has 2 aromatic heterocycles. The average molecular weight is 493 g/mol. The molecule has 4 aromatic rings. The molecule has 1 unspecified atom stereocenters. The smallest absolute Gasteiger partial charge is 0.332 e. The van der Waals surface area contributed by atoms with E-state index >= 15 is 0 Å². The molecule has 0 fully saturated rings. The summed E-state index contributed by atoms with van der Waals surface area (Å²) in [6, 6.07) is 14.2. The monoisotopic (exact) mass is 492 g/mol. The van der Waals surface area contributed by atoms with Gasteiger partial charge in [-0.15, -0.1) is 0 Å². The molecular formula is C25H28N6O5. The second kappa shape index (κ2) is 10.1. The second-order valence-electron chi connectivity index (χ2n) is 8.48. The first-order valence-corrected chi connectivity index (χ1v) is 11.3. The molecule has 188 valence electrons. The summed E-state index contributed by atoms with van der Waals surface area (Å²) in [5.74, 6) is 0.855. The van der Waals surface area contributed by atoms with Gasteiger partial charge in [0.1, 0.15) is 24.2 Å². The van der Waals surface area contributed by atoms with Crippen LogP contribution >= 0.6 is 0 Å². The zero-order valence-corrected chi connectivity index (χ0v) is 20.5. The Morgan fingerprint density at radius 2 is 1.81 bits per heavy atom. The van der Waals surface area contributed by atoms with Gasteiger partial charge in [-0.2, -0.15) is 10.1 Å². The minimum absolute atomic E-state index is 0.0315. The normalized spacial score (nSPS) is 12.6. The van der Waals surface area contributed by atoms with Gasteiger partial charge in [0, 0.05) is 19.7 Å². The largest absolute Gasteiger partial charge is 0.507 e. The van der Waals surface area contributed by atoms with E-state index in [4.69, 9.17) is 4.74 Å². The van der Waals surface area contributed by atoms with E-state index in [0.29, 0.717) is 17.0 Å². The third kappa shape index (κ3) is 4.73. The molecule has 0 radical (unpaired) electrons. The van der Waals surface area contributed by atoms with Gasteiger partial charge in [-0.25, -0.2) is 10.2 Å². The van der Waals surface area contributed by atoms with Crippen LogP contribution < -0.4 is 21.4 Å². The van der Waals surface area contributed by atoms with Crippen molar-refractivity contribution in [3.05, 3.63) is 80.5 Å². The molecule has 11 nitrogen and oxygen atoms in total. The van der Waals surface area contributed by atoms with Crippen molar-refractivity contribution in [1.82, 2.24) is 18.7 Å². The molecule has 0 amide bonds. The number of aromatic hydroxyl groups is 1. The minimum Gasteiger partial charge on any atom is -0.507 e. The summed E-state index contributed by atoms with van der Waals surface area (Å²) in [7, 11) is 2.90. The molecule has 2 aromatic carbocycles. The molecule has 0 aliphatic heterocycles. The van der Waals surface area contributed by atoms with Gasteiger partial charge >= 0.3 is 5.69 Å². The lowest BCUT2D eigenvalue weighted by Gasteiger charge is -2.16. The number of anilines is 1. The number of aryl methyl sites for hydroxylation is 2. The SMILES string of the molecule is C/C(=N\Nc1nc2c(c(=O)n(C)c(=O)n2C)n1CC(O)COc1ccccc1C)c1ccccc1O. The van der Waals surface area contributed by atoms with E-state index in [1.165, 1.54) is 23.2 Å². The quantitative estimate of drug-likeness (QED) is 0.252. The van der Waals surface area contributed by atoms with Crippen molar-refractivity contribution in [2.45, 2.75) is 26.5 Å². The van der Waals surface area contributed by atoms with E-state index in [-0.39, 0.29) is 36.0 Å². The number of nitrogens with one attached hydrogen (secondary N) is 1. The molecule has 0 aliphatic rings. The van der Waals surface area contributed by atoms with Crippen LogP contribution in [0.5, 0.6) is 11.5 Å². The highest BCUT2D eigenvalue weighted by molar-refractivity contribution is 6.01. The Balaban J connectivity index is 1.71. The standard InChI is InChI=1S/C25H28N6O5/c1-15-9-5-8-12-20(15)36-14-17(32)13-31-21-22(29(3)25(35)30(4)23(21)34)26-24(31)28-27-16(2)18-10-6-7-11-19(18)33/h5-12,17,32-33H,13-14H2,1-4H3,(H,26,28)/b27-16+. The van der Waals surface area contributed by atoms with Crippen molar-refractivity contribution >= 4 is 22.8 Å². The third-order valence-corrected chi connectivity index (χ3v) is 5.88. The van der Waals surface area contributed by atoms with Crippen molar-refractivity contribution in [1.29, 1.82) is 0 Å². The topological polar surface area (TPSA) is 136 Å². The first-order valence-electron chi connectivity index (χ1n) is 11.3. The number of hydrazone groups is 1. The highest BCUT2D eigenvalue weighted by Gasteiger charge is 2.21. The summed E-state index contributed by atoms with van der Waals surface area (Å²) < 4.78 is 9.49. The van der Waals surface area contributed by atoms with Crippen LogP contribution in [0.4, 0.5) is 5.95 Å². The van der Waals surface area contributed by atoms with Gasteiger partial charge in [-0.1, -0.05) is 30.3 Å². The summed E-state index contributed by atoms with van der Waals surface area (Å²) in [5.41, 5.74) is 3.94. The molecule has 2 heterocycles. The number of aliphatic hydroxyl groups excluding tert-OH is 1. The molecule has 0 saturated carbocycles. The highest BCUT2D eigenvalue weighted by Crippen LogP contribution is 2.20. The molecule has 36 heavy (non-hydrogen) atoms. The lowest BCUT2D eigenvalue weighted by atomic mass is 10.1. The molecule has 0 saturated heterocycles. The van der Waals surface area contributed by atoms with Crippen molar-refractivity contribution in [3.8, 4) is 11.5 Å². The van der Waals surface area contributed by atoms with Gasteiger partial charge in [-0.3, -0.25) is 13.9 Å². The number of imidazole rings is 1. The van der Waals surface area contributed by atoms with Crippen molar-refractivity contribution in [2.24, 2.45) is 19.2 Å². The average Bonchev–Trinajstić information content (AvgIpc) is 3.22. The maximum atomic E-state index is 13.0. The Morgan fingerprint density at radius 1 is 1.11 bits per heavy atom. The Hall–Kier alpha value is -4.38.